The largest absolute Gasteiger partial charge is 0.497 e. The van der Waals surface area contributed by atoms with Gasteiger partial charge in [-0.05, 0) is 17.7 Å². The fourth-order valence-corrected chi connectivity index (χ4v) is 3.03. The molecule has 1 aromatic carbocycles. The third-order valence-corrected chi connectivity index (χ3v) is 4.36. The van der Waals surface area contributed by atoms with E-state index in [1.807, 2.05) is 24.3 Å². The number of benzene rings is 1. The van der Waals surface area contributed by atoms with Crippen LogP contribution in [0.1, 0.15) is 5.56 Å². The molecule has 2 saturated heterocycles. The van der Waals surface area contributed by atoms with Crippen molar-refractivity contribution < 1.29 is 14.3 Å². The van der Waals surface area contributed by atoms with Gasteiger partial charge in [-0.1, -0.05) is 12.1 Å². The number of carbonyl (C=O) groups excluding carboxylic acids is 2. The summed E-state index contributed by atoms with van der Waals surface area (Å²) in [5, 5.41) is 5.77. The second-order valence-electron chi connectivity index (χ2n) is 5.80. The lowest BCUT2D eigenvalue weighted by Crippen LogP contribution is -2.65. The quantitative estimate of drug-likeness (QED) is 0.824. The summed E-state index contributed by atoms with van der Waals surface area (Å²) in [6, 6.07) is 7.24. The number of carbonyl (C=O) groups is 2. The third kappa shape index (κ3) is 3.56. The molecule has 0 spiro atoms. The molecule has 2 N–H and O–H groups in total. The van der Waals surface area contributed by atoms with Gasteiger partial charge in [-0.15, -0.1) is 0 Å². The fourth-order valence-electron chi connectivity index (χ4n) is 3.03. The number of urea groups is 1. The molecular formula is C16H22N4O3. The molecule has 0 radical (unpaired) electrons. The maximum absolute atomic E-state index is 12.3. The van der Waals surface area contributed by atoms with E-state index in [1.165, 1.54) is 0 Å². The number of piperazine rings is 2. The van der Waals surface area contributed by atoms with E-state index < -0.39 is 0 Å². The molecule has 2 heterocycles. The van der Waals surface area contributed by atoms with Crippen molar-refractivity contribution >= 4 is 11.9 Å². The van der Waals surface area contributed by atoms with Gasteiger partial charge in [0.05, 0.1) is 7.11 Å². The number of ether oxygens (including phenoxy) is 1. The van der Waals surface area contributed by atoms with Crippen molar-refractivity contribution in [3.8, 4) is 5.75 Å². The van der Waals surface area contributed by atoms with Gasteiger partial charge in [0.25, 0.3) is 0 Å². The Hall–Kier alpha value is -2.28. The molecule has 7 nitrogen and oxygen atoms in total. The van der Waals surface area contributed by atoms with Gasteiger partial charge in [-0.3, -0.25) is 9.69 Å². The predicted octanol–water partition coefficient (Wildman–Crippen LogP) is 0.0208. The number of nitrogens with one attached hydrogen (secondary N) is 2. The number of nitrogens with zero attached hydrogens (tertiary/aromatic N) is 2. The van der Waals surface area contributed by atoms with Crippen LogP contribution in [0.15, 0.2) is 24.3 Å². The van der Waals surface area contributed by atoms with Crippen LogP contribution in [0.25, 0.3) is 0 Å². The Kier molecular flexibility index (Phi) is 4.66. The average molecular weight is 318 g/mol. The highest BCUT2D eigenvalue weighted by atomic mass is 16.5. The first-order valence-corrected chi connectivity index (χ1v) is 7.85. The molecule has 1 atom stereocenters. The summed E-state index contributed by atoms with van der Waals surface area (Å²) in [5.41, 5.74) is 0.978. The zero-order valence-corrected chi connectivity index (χ0v) is 13.2. The Morgan fingerprint density at radius 3 is 3.09 bits per heavy atom. The summed E-state index contributed by atoms with van der Waals surface area (Å²) in [4.78, 5) is 28.1. The maximum Gasteiger partial charge on any atom is 0.317 e. The molecule has 7 heteroatoms. The Balaban J connectivity index is 1.55. The van der Waals surface area contributed by atoms with Crippen LogP contribution in [0.2, 0.25) is 0 Å². The molecule has 124 valence electrons. The highest BCUT2D eigenvalue weighted by Crippen LogP contribution is 2.14. The standard InChI is InChI=1S/C16H22N4O3/c1-23-13-4-2-3-12(9-13)10-18-16(22)20-8-7-19-6-5-17-15(21)14(19)11-20/h2-4,9,14H,5-8,10-11H2,1H3,(H,17,21)(H,18,22)/t14-/m1/s1. The molecule has 23 heavy (non-hydrogen) atoms. The van der Waals surface area contributed by atoms with E-state index in [0.717, 1.165) is 24.4 Å². The Labute approximate surface area is 135 Å². The van der Waals surface area contributed by atoms with Gasteiger partial charge in [0.1, 0.15) is 11.8 Å². The Morgan fingerprint density at radius 1 is 1.39 bits per heavy atom. The number of rotatable bonds is 3. The molecule has 2 aliphatic heterocycles. The van der Waals surface area contributed by atoms with Crippen LogP contribution in [-0.2, 0) is 11.3 Å². The molecule has 0 aromatic heterocycles. The molecular weight excluding hydrogens is 296 g/mol. The zero-order valence-electron chi connectivity index (χ0n) is 13.2. The summed E-state index contributed by atoms with van der Waals surface area (Å²) >= 11 is 0. The summed E-state index contributed by atoms with van der Waals surface area (Å²) in [5.74, 6) is 0.783. The van der Waals surface area contributed by atoms with Crippen LogP contribution >= 0.6 is 0 Å². The van der Waals surface area contributed by atoms with E-state index in [2.05, 4.69) is 15.5 Å². The van der Waals surface area contributed by atoms with E-state index in [-0.39, 0.29) is 18.0 Å². The van der Waals surface area contributed by atoms with Gasteiger partial charge in [0, 0.05) is 39.3 Å². The van der Waals surface area contributed by atoms with Crippen molar-refractivity contribution in [2.45, 2.75) is 12.6 Å². The summed E-state index contributed by atoms with van der Waals surface area (Å²) in [6.45, 7) is 3.81. The monoisotopic (exact) mass is 318 g/mol. The fraction of sp³-hybridized carbons (Fsp3) is 0.500. The first-order chi connectivity index (χ1) is 11.2. The van der Waals surface area contributed by atoms with Crippen LogP contribution < -0.4 is 15.4 Å². The first kappa shape index (κ1) is 15.6. The lowest BCUT2D eigenvalue weighted by atomic mass is 10.1. The molecule has 2 aliphatic rings. The highest BCUT2D eigenvalue weighted by molar-refractivity contribution is 5.84. The van der Waals surface area contributed by atoms with Crippen molar-refractivity contribution in [1.82, 2.24) is 20.4 Å². The van der Waals surface area contributed by atoms with Gasteiger partial charge in [-0.25, -0.2) is 4.79 Å². The second-order valence-corrected chi connectivity index (χ2v) is 5.80. The van der Waals surface area contributed by atoms with Crippen LogP contribution in [0.5, 0.6) is 5.75 Å². The molecule has 3 rings (SSSR count). The molecule has 0 aliphatic carbocycles. The molecule has 2 fully saturated rings. The van der Waals surface area contributed by atoms with E-state index in [4.69, 9.17) is 4.74 Å². The van der Waals surface area contributed by atoms with Crippen LogP contribution in [-0.4, -0.2) is 67.6 Å². The minimum atomic E-state index is -0.222. The van der Waals surface area contributed by atoms with Crippen LogP contribution in [0, 0.1) is 0 Å². The van der Waals surface area contributed by atoms with Crippen molar-refractivity contribution in [1.29, 1.82) is 0 Å². The second kappa shape index (κ2) is 6.87. The van der Waals surface area contributed by atoms with E-state index in [0.29, 0.717) is 26.2 Å². The molecule has 1 aromatic rings. The van der Waals surface area contributed by atoms with Gasteiger partial charge >= 0.3 is 6.03 Å². The smallest absolute Gasteiger partial charge is 0.317 e. The normalized spacial score (nSPS) is 21.3. The molecule has 0 unspecified atom stereocenters. The number of fused-ring (bicyclic) bond motifs is 1. The van der Waals surface area contributed by atoms with Gasteiger partial charge in [-0.2, -0.15) is 0 Å². The van der Waals surface area contributed by atoms with Crippen molar-refractivity contribution in [2.24, 2.45) is 0 Å². The minimum absolute atomic E-state index is 0.0153. The van der Waals surface area contributed by atoms with Gasteiger partial charge in [0.15, 0.2) is 0 Å². The number of hydrogen-bond donors (Lipinski definition) is 2. The lowest BCUT2D eigenvalue weighted by molar-refractivity contribution is -0.131. The number of methoxy groups -OCH3 is 1. The maximum atomic E-state index is 12.3. The summed E-state index contributed by atoms with van der Waals surface area (Å²) in [6.07, 6.45) is 0. The van der Waals surface area contributed by atoms with Crippen LogP contribution in [0.4, 0.5) is 4.79 Å². The number of hydrogen-bond acceptors (Lipinski definition) is 4. The van der Waals surface area contributed by atoms with Crippen molar-refractivity contribution in [2.75, 3.05) is 39.8 Å². The van der Waals surface area contributed by atoms with E-state index >= 15 is 0 Å². The average Bonchev–Trinajstić information content (AvgIpc) is 2.60. The number of amides is 3. The molecule has 0 saturated carbocycles. The SMILES string of the molecule is COc1cccc(CNC(=O)N2CCN3CCNC(=O)[C@H]3C2)c1. The van der Waals surface area contributed by atoms with Gasteiger partial charge in [0.2, 0.25) is 5.91 Å². The van der Waals surface area contributed by atoms with Crippen molar-refractivity contribution in [3.05, 3.63) is 29.8 Å². The first-order valence-electron chi connectivity index (χ1n) is 7.85. The zero-order chi connectivity index (χ0) is 16.2. The minimum Gasteiger partial charge on any atom is -0.497 e. The van der Waals surface area contributed by atoms with E-state index in [9.17, 15) is 9.59 Å². The highest BCUT2D eigenvalue weighted by Gasteiger charge is 2.36. The van der Waals surface area contributed by atoms with Crippen molar-refractivity contribution in [3.63, 3.8) is 0 Å². The lowest BCUT2D eigenvalue weighted by Gasteiger charge is -2.42. The summed E-state index contributed by atoms with van der Waals surface area (Å²) < 4.78 is 5.18. The van der Waals surface area contributed by atoms with E-state index in [1.54, 1.807) is 12.0 Å². The Morgan fingerprint density at radius 2 is 2.26 bits per heavy atom. The Bertz CT molecular complexity index is 592. The molecule has 0 bridgehead atoms. The van der Waals surface area contributed by atoms with Crippen LogP contribution in [0.3, 0.4) is 0 Å². The van der Waals surface area contributed by atoms with Gasteiger partial charge < -0.3 is 20.3 Å². The third-order valence-electron chi connectivity index (χ3n) is 4.36. The summed E-state index contributed by atoms with van der Waals surface area (Å²) in [7, 11) is 1.62. The molecule has 3 amide bonds. The topological polar surface area (TPSA) is 73.9 Å². The predicted molar refractivity (Wildman–Crippen MR) is 85.2 cm³/mol.